The van der Waals surface area contributed by atoms with Crippen LogP contribution in [0.5, 0.6) is 0 Å². The van der Waals surface area contributed by atoms with Gasteiger partial charge in [0.05, 0.1) is 17.2 Å². The third-order valence-electron chi connectivity index (χ3n) is 2.63. The van der Waals surface area contributed by atoms with Gasteiger partial charge in [0.1, 0.15) is 11.7 Å². The lowest BCUT2D eigenvalue weighted by atomic mass is 9.99. The number of hydrogen-bond donors (Lipinski definition) is 1. The summed E-state index contributed by atoms with van der Waals surface area (Å²) < 4.78 is 0. The van der Waals surface area contributed by atoms with E-state index >= 15 is 0 Å². The van der Waals surface area contributed by atoms with Gasteiger partial charge in [0.2, 0.25) is 0 Å². The molecule has 5 nitrogen and oxygen atoms in total. The lowest BCUT2D eigenvalue weighted by molar-refractivity contribution is -0.132. The Hall–Kier alpha value is -2.30. The van der Waals surface area contributed by atoms with Gasteiger partial charge in [0.15, 0.2) is 0 Å². The van der Waals surface area contributed by atoms with E-state index in [9.17, 15) is 4.79 Å². The average Bonchev–Trinajstić information content (AvgIpc) is 2.76. The van der Waals surface area contributed by atoms with Crippen molar-refractivity contribution in [1.29, 1.82) is 0 Å². The van der Waals surface area contributed by atoms with E-state index in [1.807, 2.05) is 0 Å². The van der Waals surface area contributed by atoms with Crippen molar-refractivity contribution in [2.45, 2.75) is 6.42 Å². The highest BCUT2D eigenvalue weighted by Gasteiger charge is 2.17. The van der Waals surface area contributed by atoms with Crippen LogP contribution < -0.4 is 10.7 Å². The van der Waals surface area contributed by atoms with E-state index in [2.05, 4.69) is 15.0 Å². The topological polar surface area (TPSA) is 74.9 Å². The Kier molecular flexibility index (Phi) is 1.73. The second-order valence-electron chi connectivity index (χ2n) is 3.57. The van der Waals surface area contributed by atoms with E-state index in [1.165, 1.54) is 6.34 Å². The van der Waals surface area contributed by atoms with Gasteiger partial charge in [-0.3, -0.25) is 4.98 Å². The third-order valence-corrected chi connectivity index (χ3v) is 2.63. The predicted molar refractivity (Wildman–Crippen MR) is 57.1 cm³/mol. The van der Waals surface area contributed by atoms with Crippen molar-refractivity contribution in [3.8, 4) is 0 Å². The van der Waals surface area contributed by atoms with Crippen LogP contribution in [0.2, 0.25) is 0 Å². The summed E-state index contributed by atoms with van der Waals surface area (Å²) in [4.78, 5) is 23.3. The molecule has 2 heterocycles. The quantitative estimate of drug-likeness (QED) is 0.697. The van der Waals surface area contributed by atoms with Gasteiger partial charge in [-0.05, 0) is 12.2 Å². The van der Waals surface area contributed by atoms with Crippen LogP contribution in [0.3, 0.4) is 0 Å². The normalized spacial score (nSPS) is 15.6. The summed E-state index contributed by atoms with van der Waals surface area (Å²) >= 11 is 0. The maximum atomic E-state index is 10.9. The van der Waals surface area contributed by atoms with Crippen LogP contribution in [-0.4, -0.2) is 22.4 Å². The summed E-state index contributed by atoms with van der Waals surface area (Å²) in [5, 5.41) is 10.4. The summed E-state index contributed by atoms with van der Waals surface area (Å²) in [5.41, 5.74) is 1.94. The molecule has 1 aliphatic carbocycles. The minimum Gasteiger partial charge on any atom is -0.478 e. The largest absolute Gasteiger partial charge is 0.478 e. The predicted octanol–water partition coefficient (Wildman–Crippen LogP) is -0.278. The van der Waals surface area contributed by atoms with Crippen molar-refractivity contribution in [2.75, 3.05) is 0 Å². The van der Waals surface area contributed by atoms with Crippen LogP contribution in [0.15, 0.2) is 27.8 Å². The number of allylic oxidation sites excluding steroid dienone is 1. The van der Waals surface area contributed by atoms with Gasteiger partial charge >= 0.3 is 5.97 Å². The lowest BCUT2D eigenvalue weighted by Crippen LogP contribution is -2.23. The summed E-state index contributed by atoms with van der Waals surface area (Å²) in [6, 6.07) is 0. The number of hydrogen-bond acceptors (Lipinski definition) is 4. The van der Waals surface area contributed by atoms with E-state index < -0.39 is 5.97 Å². The number of aromatic nitrogens is 1. The van der Waals surface area contributed by atoms with Crippen LogP contribution >= 0.6 is 0 Å². The molecule has 3 rings (SSSR count). The molecule has 0 unspecified atom stereocenters. The zero-order valence-corrected chi connectivity index (χ0v) is 8.21. The number of carboxylic acids is 1. The first-order valence-corrected chi connectivity index (χ1v) is 4.78. The fourth-order valence-corrected chi connectivity index (χ4v) is 1.83. The number of aliphatic carboxylic acids is 1. The Bertz CT molecular complexity index is 671. The van der Waals surface area contributed by atoms with Gasteiger partial charge in [-0.1, -0.05) is 0 Å². The average molecular weight is 213 g/mol. The van der Waals surface area contributed by atoms with Crippen molar-refractivity contribution in [3.05, 3.63) is 34.1 Å². The summed E-state index contributed by atoms with van der Waals surface area (Å²) in [7, 11) is 0. The fraction of sp³-hybridized carbons (Fsp3) is 0.0909. The molecule has 1 aromatic heterocycles. The molecule has 2 aliphatic rings. The minimum absolute atomic E-state index is 0.351. The molecule has 0 radical (unpaired) electrons. The van der Waals surface area contributed by atoms with Crippen molar-refractivity contribution < 1.29 is 9.90 Å². The molecule has 78 valence electrons. The Labute approximate surface area is 90.2 Å². The third kappa shape index (κ3) is 1.18. The number of carbonyl (C=O) groups is 1. The molecular formula is C11H7N3O2. The molecule has 0 fully saturated rings. The summed E-state index contributed by atoms with van der Waals surface area (Å²) in [6.45, 7) is 0. The number of fused-ring (bicyclic) bond motifs is 3. The first-order valence-electron chi connectivity index (χ1n) is 4.78. The molecule has 1 N–H and O–H groups in total. The van der Waals surface area contributed by atoms with Crippen LogP contribution in [0.1, 0.15) is 5.56 Å². The number of pyridine rings is 1. The fourth-order valence-electron chi connectivity index (χ4n) is 1.83. The number of aliphatic imine (C=N–C) groups is 1. The van der Waals surface area contributed by atoms with Crippen LogP contribution in [0, 0.1) is 0 Å². The lowest BCUT2D eigenvalue weighted by Gasteiger charge is -2.09. The SMILES string of the molecule is O=C(O)C1=CC=c2ncc3c(c2C1)N=CN=3. The van der Waals surface area contributed by atoms with Crippen molar-refractivity contribution in [3.63, 3.8) is 0 Å². The van der Waals surface area contributed by atoms with Crippen LogP contribution in [-0.2, 0) is 11.2 Å². The minimum atomic E-state index is -0.904. The van der Waals surface area contributed by atoms with E-state index in [-0.39, 0.29) is 0 Å². The summed E-state index contributed by atoms with van der Waals surface area (Å²) in [5.74, 6) is -0.904. The van der Waals surface area contributed by atoms with Crippen LogP contribution in [0.25, 0.3) is 6.08 Å². The van der Waals surface area contributed by atoms with E-state index in [0.29, 0.717) is 17.4 Å². The van der Waals surface area contributed by atoms with Crippen molar-refractivity contribution >= 4 is 24.1 Å². The first kappa shape index (κ1) is 8.96. The molecule has 0 atom stereocenters. The Balaban J connectivity index is 2.25. The zero-order chi connectivity index (χ0) is 11.1. The Morgan fingerprint density at radius 1 is 1.38 bits per heavy atom. The Morgan fingerprint density at radius 2 is 2.25 bits per heavy atom. The number of carboxylic acid groups (broad SMARTS) is 1. The summed E-state index contributed by atoms with van der Waals surface area (Å²) in [6.07, 6.45) is 6.75. The standard InChI is InChI=1S/C11H7N3O2/c15-11(16)6-1-2-8-7(3-6)10-9(4-12-8)13-5-14-10/h1-2,4-5H,3H2,(H,15,16). The van der Waals surface area contributed by atoms with Gasteiger partial charge in [-0.15, -0.1) is 0 Å². The van der Waals surface area contributed by atoms with E-state index in [0.717, 1.165) is 16.6 Å². The zero-order valence-electron chi connectivity index (χ0n) is 8.21. The maximum Gasteiger partial charge on any atom is 0.331 e. The second kappa shape index (κ2) is 3.10. The molecule has 0 saturated heterocycles. The molecule has 5 heteroatoms. The van der Waals surface area contributed by atoms with Gasteiger partial charge in [0.25, 0.3) is 0 Å². The van der Waals surface area contributed by atoms with Crippen molar-refractivity contribution in [2.24, 2.45) is 9.98 Å². The van der Waals surface area contributed by atoms with E-state index in [1.54, 1.807) is 18.3 Å². The van der Waals surface area contributed by atoms with Gasteiger partial charge in [0, 0.05) is 17.6 Å². The molecule has 1 aromatic rings. The molecule has 0 saturated carbocycles. The second-order valence-corrected chi connectivity index (χ2v) is 3.57. The first-order chi connectivity index (χ1) is 7.75. The van der Waals surface area contributed by atoms with Gasteiger partial charge in [-0.2, -0.15) is 0 Å². The molecule has 0 spiro atoms. The van der Waals surface area contributed by atoms with Gasteiger partial charge in [-0.25, -0.2) is 14.8 Å². The maximum absolute atomic E-state index is 10.9. The molecular weight excluding hydrogens is 206 g/mol. The highest BCUT2D eigenvalue weighted by molar-refractivity contribution is 5.89. The molecule has 0 amide bonds. The monoisotopic (exact) mass is 213 g/mol. The molecule has 0 bridgehead atoms. The molecule has 1 aliphatic heterocycles. The molecule has 0 aromatic carbocycles. The molecule has 16 heavy (non-hydrogen) atoms. The van der Waals surface area contributed by atoms with Gasteiger partial charge < -0.3 is 5.11 Å². The highest BCUT2D eigenvalue weighted by Crippen LogP contribution is 2.18. The Morgan fingerprint density at radius 3 is 3.06 bits per heavy atom. The van der Waals surface area contributed by atoms with Crippen LogP contribution in [0.4, 0.5) is 5.69 Å². The van der Waals surface area contributed by atoms with E-state index in [4.69, 9.17) is 5.11 Å². The van der Waals surface area contributed by atoms with Crippen molar-refractivity contribution in [1.82, 2.24) is 4.98 Å². The smallest absolute Gasteiger partial charge is 0.331 e. The number of nitrogens with zero attached hydrogens (tertiary/aromatic N) is 3. The number of rotatable bonds is 1. The highest BCUT2D eigenvalue weighted by atomic mass is 16.4.